The number of nitrogens with zero attached hydrogens (tertiary/aromatic N) is 2. The first kappa shape index (κ1) is 20.8. The van der Waals surface area contributed by atoms with E-state index in [1.807, 2.05) is 0 Å². The Morgan fingerprint density at radius 1 is 1.17 bits per heavy atom. The molecule has 152 valence electrons. The molecule has 2 N–H and O–H groups in total. The molecule has 0 saturated carbocycles. The quantitative estimate of drug-likeness (QED) is 0.589. The zero-order valence-electron chi connectivity index (χ0n) is 15.5. The van der Waals surface area contributed by atoms with Gasteiger partial charge in [0.1, 0.15) is 16.6 Å². The fraction of sp³-hybridized carbons (Fsp3) is 0.167. The van der Waals surface area contributed by atoms with Crippen LogP contribution in [0.5, 0.6) is 5.75 Å². The predicted octanol–water partition coefficient (Wildman–Crippen LogP) is 2.73. The van der Waals surface area contributed by atoms with E-state index in [0.717, 1.165) is 17.4 Å². The molecule has 1 amide bonds. The number of hydrogen-bond donors (Lipinski definition) is 2. The molecule has 11 heteroatoms. The maximum absolute atomic E-state index is 13.4. The molecule has 3 aromatic rings. The standard InChI is InChI=1S/C18H17FN4O4S2/c1-11-3-4-12(19)9-15(11)29(25,26)20-10-16-22-23-18(28-16)17(24)21-13-5-7-14(27-2)8-6-13/h3-9,20H,10H2,1-2H3,(H,21,24). The topological polar surface area (TPSA) is 110 Å². The van der Waals surface area contributed by atoms with Crippen molar-refractivity contribution in [2.75, 3.05) is 12.4 Å². The normalized spacial score (nSPS) is 11.3. The Labute approximate surface area is 170 Å². The molecular weight excluding hydrogens is 419 g/mol. The zero-order chi connectivity index (χ0) is 21.0. The van der Waals surface area contributed by atoms with E-state index in [9.17, 15) is 17.6 Å². The van der Waals surface area contributed by atoms with Crippen molar-refractivity contribution in [2.45, 2.75) is 18.4 Å². The van der Waals surface area contributed by atoms with Crippen molar-refractivity contribution in [1.29, 1.82) is 0 Å². The molecule has 0 saturated heterocycles. The van der Waals surface area contributed by atoms with Gasteiger partial charge in [-0.3, -0.25) is 4.79 Å². The Morgan fingerprint density at radius 3 is 2.59 bits per heavy atom. The summed E-state index contributed by atoms with van der Waals surface area (Å²) in [5, 5.41) is 10.7. The number of sulfonamides is 1. The van der Waals surface area contributed by atoms with Gasteiger partial charge in [0.15, 0.2) is 0 Å². The number of benzene rings is 2. The maximum Gasteiger partial charge on any atom is 0.286 e. The molecule has 0 radical (unpaired) electrons. The molecule has 1 heterocycles. The van der Waals surface area contributed by atoms with Crippen LogP contribution in [0.15, 0.2) is 47.4 Å². The number of aromatic nitrogens is 2. The molecule has 0 aliphatic carbocycles. The van der Waals surface area contributed by atoms with Gasteiger partial charge in [0.2, 0.25) is 15.0 Å². The molecule has 2 aromatic carbocycles. The summed E-state index contributed by atoms with van der Waals surface area (Å²) in [6, 6.07) is 10.3. The number of hydrogen-bond acceptors (Lipinski definition) is 7. The van der Waals surface area contributed by atoms with Gasteiger partial charge in [-0.25, -0.2) is 17.5 Å². The number of halogens is 1. The molecule has 0 fully saturated rings. The smallest absolute Gasteiger partial charge is 0.286 e. The first-order chi connectivity index (χ1) is 13.8. The number of nitrogens with one attached hydrogen (secondary N) is 2. The van der Waals surface area contributed by atoms with E-state index < -0.39 is 21.7 Å². The van der Waals surface area contributed by atoms with Crippen LogP contribution in [0.25, 0.3) is 0 Å². The summed E-state index contributed by atoms with van der Waals surface area (Å²) in [6.07, 6.45) is 0. The number of carbonyl (C=O) groups excluding carboxylic acids is 1. The van der Waals surface area contributed by atoms with Crippen molar-refractivity contribution >= 4 is 33.0 Å². The monoisotopic (exact) mass is 436 g/mol. The van der Waals surface area contributed by atoms with Crippen LogP contribution in [0.3, 0.4) is 0 Å². The van der Waals surface area contributed by atoms with E-state index in [1.165, 1.54) is 12.1 Å². The summed E-state index contributed by atoms with van der Waals surface area (Å²) in [6.45, 7) is 1.40. The maximum atomic E-state index is 13.4. The second-order valence-electron chi connectivity index (χ2n) is 5.92. The van der Waals surface area contributed by atoms with Gasteiger partial charge in [0.25, 0.3) is 5.91 Å². The van der Waals surface area contributed by atoms with Crippen molar-refractivity contribution < 1.29 is 22.3 Å². The van der Waals surface area contributed by atoms with Crippen molar-refractivity contribution in [2.24, 2.45) is 0 Å². The third-order valence-electron chi connectivity index (χ3n) is 3.86. The van der Waals surface area contributed by atoms with Crippen molar-refractivity contribution in [3.63, 3.8) is 0 Å². The average molecular weight is 436 g/mol. The lowest BCUT2D eigenvalue weighted by Gasteiger charge is -2.08. The Kier molecular flexibility index (Phi) is 6.20. The largest absolute Gasteiger partial charge is 0.497 e. The second-order valence-corrected chi connectivity index (χ2v) is 8.72. The molecule has 0 spiro atoms. The van der Waals surface area contributed by atoms with Crippen LogP contribution < -0.4 is 14.8 Å². The number of rotatable bonds is 7. The summed E-state index contributed by atoms with van der Waals surface area (Å²) in [5.74, 6) is -0.464. The van der Waals surface area contributed by atoms with Crippen molar-refractivity contribution in [3.05, 3.63) is 63.9 Å². The molecular formula is C18H17FN4O4S2. The Hall–Kier alpha value is -2.89. The highest BCUT2D eigenvalue weighted by Gasteiger charge is 2.19. The summed E-state index contributed by atoms with van der Waals surface area (Å²) < 4.78 is 45.6. The number of carbonyl (C=O) groups is 1. The third-order valence-corrected chi connectivity index (χ3v) is 6.33. The second kappa shape index (κ2) is 8.64. The van der Waals surface area contributed by atoms with E-state index in [4.69, 9.17) is 4.74 Å². The highest BCUT2D eigenvalue weighted by atomic mass is 32.2. The Bertz CT molecular complexity index is 1130. The van der Waals surface area contributed by atoms with Crippen LogP contribution >= 0.6 is 11.3 Å². The Balaban J connectivity index is 1.65. The van der Waals surface area contributed by atoms with E-state index in [2.05, 4.69) is 20.2 Å². The van der Waals surface area contributed by atoms with E-state index in [1.54, 1.807) is 38.3 Å². The highest BCUT2D eigenvalue weighted by Crippen LogP contribution is 2.19. The van der Waals surface area contributed by atoms with Gasteiger partial charge in [-0.2, -0.15) is 0 Å². The summed E-state index contributed by atoms with van der Waals surface area (Å²) in [4.78, 5) is 12.1. The average Bonchev–Trinajstić information content (AvgIpc) is 3.18. The molecule has 29 heavy (non-hydrogen) atoms. The minimum Gasteiger partial charge on any atom is -0.497 e. The lowest BCUT2D eigenvalue weighted by atomic mass is 10.2. The van der Waals surface area contributed by atoms with Crippen LogP contribution in [-0.4, -0.2) is 31.6 Å². The SMILES string of the molecule is COc1ccc(NC(=O)c2nnc(CNS(=O)(=O)c3cc(F)ccc3C)s2)cc1. The summed E-state index contributed by atoms with van der Waals surface area (Å²) >= 11 is 0.951. The van der Waals surface area contributed by atoms with Crippen LogP contribution in [0.2, 0.25) is 0 Å². The minimum atomic E-state index is -3.94. The van der Waals surface area contributed by atoms with Crippen LogP contribution in [-0.2, 0) is 16.6 Å². The summed E-state index contributed by atoms with van der Waals surface area (Å²) in [5.41, 5.74) is 0.963. The predicted molar refractivity (Wildman–Crippen MR) is 106 cm³/mol. The third kappa shape index (κ3) is 5.13. The molecule has 0 bridgehead atoms. The number of anilines is 1. The number of methoxy groups -OCH3 is 1. The van der Waals surface area contributed by atoms with Crippen molar-refractivity contribution in [3.8, 4) is 5.75 Å². The Morgan fingerprint density at radius 2 is 1.90 bits per heavy atom. The molecule has 0 unspecified atom stereocenters. The molecule has 3 rings (SSSR count). The van der Waals surface area contributed by atoms with E-state index >= 15 is 0 Å². The van der Waals surface area contributed by atoms with Crippen molar-refractivity contribution in [1.82, 2.24) is 14.9 Å². The van der Waals surface area contributed by atoms with Crippen LogP contribution in [0.4, 0.5) is 10.1 Å². The highest BCUT2D eigenvalue weighted by molar-refractivity contribution is 7.89. The molecule has 8 nitrogen and oxygen atoms in total. The molecule has 0 aliphatic rings. The van der Waals surface area contributed by atoms with Crippen LogP contribution in [0, 0.1) is 12.7 Å². The van der Waals surface area contributed by atoms with Gasteiger partial charge in [-0.15, -0.1) is 10.2 Å². The number of aryl methyl sites for hydroxylation is 1. The minimum absolute atomic E-state index is 0.0805. The lowest BCUT2D eigenvalue weighted by Crippen LogP contribution is -2.24. The van der Waals surface area contributed by atoms with E-state index in [-0.39, 0.29) is 16.4 Å². The molecule has 1 aromatic heterocycles. The first-order valence-electron chi connectivity index (χ1n) is 8.32. The molecule has 0 atom stereocenters. The van der Waals surface area contributed by atoms with Gasteiger partial charge in [0.05, 0.1) is 18.6 Å². The van der Waals surface area contributed by atoms with Crippen LogP contribution in [0.1, 0.15) is 20.4 Å². The van der Waals surface area contributed by atoms with Gasteiger partial charge >= 0.3 is 0 Å². The van der Waals surface area contributed by atoms with Gasteiger partial charge < -0.3 is 10.1 Å². The van der Waals surface area contributed by atoms with E-state index in [0.29, 0.717) is 22.0 Å². The summed E-state index contributed by atoms with van der Waals surface area (Å²) in [7, 11) is -2.40. The number of amides is 1. The van der Waals surface area contributed by atoms with Gasteiger partial charge in [-0.1, -0.05) is 17.4 Å². The van der Waals surface area contributed by atoms with Gasteiger partial charge in [-0.05, 0) is 48.9 Å². The fourth-order valence-electron chi connectivity index (χ4n) is 2.37. The zero-order valence-corrected chi connectivity index (χ0v) is 17.1. The lowest BCUT2D eigenvalue weighted by molar-refractivity contribution is 0.102. The van der Waals surface area contributed by atoms with Gasteiger partial charge in [0, 0.05) is 5.69 Å². The first-order valence-corrected chi connectivity index (χ1v) is 10.6. The fourth-order valence-corrected chi connectivity index (χ4v) is 4.38. The number of ether oxygens (including phenoxy) is 1. The molecule has 0 aliphatic heterocycles.